The van der Waals surface area contributed by atoms with Crippen LogP contribution in [0, 0.1) is 5.92 Å². The number of nitrogens with one attached hydrogen (secondary N) is 1. The first-order chi connectivity index (χ1) is 20.6. The van der Waals surface area contributed by atoms with Crippen LogP contribution in [0.15, 0.2) is 30.3 Å². The van der Waals surface area contributed by atoms with E-state index in [1.165, 1.54) is 6.42 Å². The Hall–Kier alpha value is -2.26. The minimum atomic E-state index is -2.64. The van der Waals surface area contributed by atoms with Crippen LogP contribution in [-0.2, 0) is 9.53 Å². The molecule has 4 heterocycles. The maximum absolute atomic E-state index is 13.8. The molecule has 5 aliphatic rings. The van der Waals surface area contributed by atoms with Crippen LogP contribution >= 0.6 is 0 Å². The fraction of sp³-hybridized carbons (Fsp3) is 0.765. The summed E-state index contributed by atoms with van der Waals surface area (Å²) in [7, 11) is 0. The smallest absolute Gasteiger partial charge is 0.320 e. The molecule has 1 saturated carbocycles. The van der Waals surface area contributed by atoms with Crippen molar-refractivity contribution in [2.45, 2.75) is 133 Å². The van der Waals surface area contributed by atoms with E-state index in [1.54, 1.807) is 0 Å². The van der Waals surface area contributed by atoms with Gasteiger partial charge in [0.1, 0.15) is 0 Å². The predicted molar refractivity (Wildman–Crippen MR) is 162 cm³/mol. The first-order valence-electron chi connectivity index (χ1n) is 16.8. The number of amides is 3. The lowest BCUT2D eigenvalue weighted by Gasteiger charge is -2.49. The molecule has 1 aliphatic carbocycles. The Kier molecular flexibility index (Phi) is 9.03. The van der Waals surface area contributed by atoms with Crippen LogP contribution in [0.25, 0.3) is 0 Å². The Morgan fingerprint density at radius 2 is 1.72 bits per heavy atom. The molecule has 43 heavy (non-hydrogen) atoms. The van der Waals surface area contributed by atoms with Crippen LogP contribution in [0.4, 0.5) is 13.6 Å². The van der Waals surface area contributed by atoms with Crippen LogP contribution in [0.2, 0.25) is 0 Å². The molecule has 5 fully saturated rings. The number of piperidine rings is 1. The summed E-state index contributed by atoms with van der Waals surface area (Å²) in [4.78, 5) is 33.9. The molecule has 6 rings (SSSR count). The Labute approximate surface area is 255 Å². The average Bonchev–Trinajstić information content (AvgIpc) is 3.39. The van der Waals surface area contributed by atoms with Gasteiger partial charge in [0, 0.05) is 63.1 Å². The number of carbonyl (C=O) groups excluding carboxylic acids is 2. The molecule has 4 saturated heterocycles. The lowest BCUT2D eigenvalue weighted by atomic mass is 9.81. The Morgan fingerprint density at radius 1 is 1.02 bits per heavy atom. The molecule has 2 bridgehead atoms. The van der Waals surface area contributed by atoms with E-state index < -0.39 is 5.92 Å². The van der Waals surface area contributed by atoms with Crippen LogP contribution in [0.3, 0.4) is 0 Å². The van der Waals surface area contributed by atoms with Crippen molar-refractivity contribution in [3.63, 3.8) is 0 Å². The molecule has 4 aliphatic heterocycles. The molecule has 1 aromatic carbocycles. The molecule has 238 valence electrons. The van der Waals surface area contributed by atoms with Crippen LogP contribution in [0.5, 0.6) is 0 Å². The predicted octanol–water partition coefficient (Wildman–Crippen LogP) is 6.14. The number of hydrogen-bond acceptors (Lipinski definition) is 4. The van der Waals surface area contributed by atoms with E-state index in [2.05, 4.69) is 46.0 Å². The molecular weight excluding hydrogens is 550 g/mol. The van der Waals surface area contributed by atoms with Crippen molar-refractivity contribution in [3.05, 3.63) is 35.9 Å². The first-order valence-corrected chi connectivity index (χ1v) is 16.8. The van der Waals surface area contributed by atoms with E-state index in [0.717, 1.165) is 70.2 Å². The zero-order chi connectivity index (χ0) is 30.2. The van der Waals surface area contributed by atoms with Crippen molar-refractivity contribution in [2.24, 2.45) is 5.92 Å². The number of fused-ring (bicyclic) bond motifs is 2. The van der Waals surface area contributed by atoms with Gasteiger partial charge in [0.15, 0.2) is 0 Å². The highest BCUT2D eigenvalue weighted by atomic mass is 19.3. The maximum atomic E-state index is 13.8. The van der Waals surface area contributed by atoms with Gasteiger partial charge in [0.05, 0.1) is 17.7 Å². The Morgan fingerprint density at radius 3 is 2.35 bits per heavy atom. The van der Waals surface area contributed by atoms with Gasteiger partial charge < -0.3 is 19.9 Å². The second kappa shape index (κ2) is 12.6. The average molecular weight is 601 g/mol. The second-order valence-corrected chi connectivity index (χ2v) is 14.3. The molecule has 0 radical (unpaired) electrons. The maximum Gasteiger partial charge on any atom is 0.320 e. The number of halogens is 2. The summed E-state index contributed by atoms with van der Waals surface area (Å²) >= 11 is 0. The summed E-state index contributed by atoms with van der Waals surface area (Å²) in [6.45, 7) is 7.44. The molecule has 7 nitrogen and oxygen atoms in total. The molecule has 1 aromatic rings. The summed E-state index contributed by atoms with van der Waals surface area (Å²) in [5, 5.41) is 3.26. The minimum Gasteiger partial charge on any atom is -0.376 e. The van der Waals surface area contributed by atoms with Gasteiger partial charge in [-0.25, -0.2) is 13.6 Å². The van der Waals surface area contributed by atoms with Gasteiger partial charge in [-0.2, -0.15) is 0 Å². The number of hydrogen-bond donors (Lipinski definition) is 1. The third kappa shape index (κ3) is 6.58. The molecule has 1 N–H and O–H groups in total. The molecule has 4 atom stereocenters. The van der Waals surface area contributed by atoms with Gasteiger partial charge in [-0.15, -0.1) is 0 Å². The standard InChI is InChI=1S/C34H50F2N4O3/c1-24(2)40-32(42)38(22-29-10-6-7-19-43-29)23-33(40)20-27-11-12-28(21-33)39(27)18-15-30(25-8-4-3-5-9-25)37-31(41)26-13-16-34(35,36)17-14-26/h3-5,8-9,24,26-30H,6-7,10-23H2,1-2H3,(H,37,41)/t27?,28?,29?,30-,33?/m0/s1. The lowest BCUT2D eigenvalue weighted by Crippen LogP contribution is -2.60. The highest BCUT2D eigenvalue weighted by Crippen LogP contribution is 2.48. The summed E-state index contributed by atoms with van der Waals surface area (Å²) in [5.41, 5.74) is 0.920. The van der Waals surface area contributed by atoms with Crippen molar-refractivity contribution in [1.82, 2.24) is 20.0 Å². The van der Waals surface area contributed by atoms with Crippen molar-refractivity contribution >= 4 is 11.9 Å². The largest absolute Gasteiger partial charge is 0.376 e. The van der Waals surface area contributed by atoms with Crippen LogP contribution in [-0.4, -0.2) is 88.6 Å². The highest BCUT2D eigenvalue weighted by Gasteiger charge is 2.58. The van der Waals surface area contributed by atoms with Gasteiger partial charge in [-0.05, 0) is 83.6 Å². The number of benzene rings is 1. The SMILES string of the molecule is CC(C)N1C(=O)N(CC2CCCCO2)CC12CC1CCC(C2)N1CC[C@H](NC(=O)C1CCC(F)(F)CC1)c1ccccc1. The van der Waals surface area contributed by atoms with Gasteiger partial charge in [-0.1, -0.05) is 30.3 Å². The number of carbonyl (C=O) groups is 2. The van der Waals surface area contributed by atoms with Crippen LogP contribution in [0.1, 0.15) is 103 Å². The summed E-state index contributed by atoms with van der Waals surface area (Å²) in [5.74, 6) is -3.08. The second-order valence-electron chi connectivity index (χ2n) is 14.3. The van der Waals surface area contributed by atoms with Crippen molar-refractivity contribution in [2.75, 3.05) is 26.2 Å². The van der Waals surface area contributed by atoms with Gasteiger partial charge in [0.2, 0.25) is 11.8 Å². The molecule has 3 unspecified atom stereocenters. The van der Waals surface area contributed by atoms with Crippen LogP contribution < -0.4 is 5.32 Å². The minimum absolute atomic E-state index is 0.0935. The van der Waals surface area contributed by atoms with E-state index in [1.807, 2.05) is 18.2 Å². The van der Waals surface area contributed by atoms with E-state index in [0.29, 0.717) is 18.6 Å². The van der Waals surface area contributed by atoms with Gasteiger partial charge in [-0.3, -0.25) is 9.69 Å². The van der Waals surface area contributed by atoms with Crippen molar-refractivity contribution in [1.29, 1.82) is 0 Å². The summed E-state index contributed by atoms with van der Waals surface area (Å²) in [6, 6.07) is 11.0. The molecule has 1 spiro atoms. The van der Waals surface area contributed by atoms with Crippen molar-refractivity contribution < 1.29 is 23.1 Å². The fourth-order valence-electron chi connectivity index (χ4n) is 8.95. The Bertz CT molecular complexity index is 1100. The highest BCUT2D eigenvalue weighted by molar-refractivity contribution is 5.79. The molecule has 9 heteroatoms. The molecular formula is C34H50F2N4O3. The number of nitrogens with zero attached hydrogens (tertiary/aromatic N) is 3. The number of alkyl halides is 2. The summed E-state index contributed by atoms with van der Waals surface area (Å²) in [6.07, 6.45) is 8.54. The number of rotatable bonds is 9. The first kappa shape index (κ1) is 30.8. The van der Waals surface area contributed by atoms with E-state index in [-0.39, 0.29) is 67.3 Å². The number of ether oxygens (including phenoxy) is 1. The Balaban J connectivity index is 1.12. The van der Waals surface area contributed by atoms with Gasteiger partial charge in [0.25, 0.3) is 0 Å². The topological polar surface area (TPSA) is 65.1 Å². The van der Waals surface area contributed by atoms with E-state index in [9.17, 15) is 18.4 Å². The third-order valence-corrected chi connectivity index (χ3v) is 11.0. The fourth-order valence-corrected chi connectivity index (χ4v) is 8.95. The zero-order valence-corrected chi connectivity index (χ0v) is 26.0. The number of urea groups is 1. The monoisotopic (exact) mass is 600 g/mol. The quantitative estimate of drug-likeness (QED) is 0.370. The normalized spacial score (nSPS) is 32.1. The third-order valence-electron chi connectivity index (χ3n) is 11.0. The summed E-state index contributed by atoms with van der Waals surface area (Å²) < 4.78 is 33.5. The zero-order valence-electron chi connectivity index (χ0n) is 26.0. The van der Waals surface area contributed by atoms with E-state index in [4.69, 9.17) is 4.74 Å². The van der Waals surface area contributed by atoms with Gasteiger partial charge >= 0.3 is 6.03 Å². The molecule has 0 aromatic heterocycles. The lowest BCUT2D eigenvalue weighted by molar-refractivity contribution is -0.130. The molecule has 3 amide bonds. The van der Waals surface area contributed by atoms with Crippen molar-refractivity contribution in [3.8, 4) is 0 Å². The van der Waals surface area contributed by atoms with E-state index >= 15 is 0 Å².